The molecule has 0 bridgehead atoms. The monoisotopic (exact) mass is 396 g/mol. The van der Waals surface area contributed by atoms with Crippen molar-refractivity contribution in [2.75, 3.05) is 5.32 Å². The lowest BCUT2D eigenvalue weighted by molar-refractivity contribution is -0.384. The summed E-state index contributed by atoms with van der Waals surface area (Å²) in [4.78, 5) is 28.5. The molecule has 2 aromatic carbocycles. The van der Waals surface area contributed by atoms with Crippen LogP contribution in [0.3, 0.4) is 0 Å². The van der Waals surface area contributed by atoms with E-state index < -0.39 is 4.92 Å². The zero-order chi connectivity index (χ0) is 19.8. The van der Waals surface area contributed by atoms with Gasteiger partial charge in [-0.25, -0.2) is 9.37 Å². The van der Waals surface area contributed by atoms with Gasteiger partial charge in [0.1, 0.15) is 10.7 Å². The molecule has 4 aromatic rings. The van der Waals surface area contributed by atoms with Crippen molar-refractivity contribution in [1.82, 2.24) is 9.38 Å². The van der Waals surface area contributed by atoms with Crippen molar-refractivity contribution in [3.63, 3.8) is 0 Å². The zero-order valence-electron chi connectivity index (χ0n) is 14.5. The number of benzene rings is 2. The second-order valence-corrected chi connectivity index (χ2v) is 7.04. The molecule has 0 saturated carbocycles. The van der Waals surface area contributed by atoms with E-state index in [-0.39, 0.29) is 17.4 Å². The Balaban J connectivity index is 1.59. The van der Waals surface area contributed by atoms with Crippen LogP contribution in [-0.2, 0) is 0 Å². The Morgan fingerprint density at radius 2 is 1.86 bits per heavy atom. The maximum absolute atomic E-state index is 13.1. The number of carbonyl (C=O) groups excluding carboxylic acids is 1. The lowest BCUT2D eigenvalue weighted by atomic mass is 10.2. The molecule has 4 rings (SSSR count). The third kappa shape index (κ3) is 3.23. The van der Waals surface area contributed by atoms with Crippen molar-refractivity contribution in [3.8, 4) is 11.3 Å². The average Bonchev–Trinajstić information content (AvgIpc) is 3.22. The minimum atomic E-state index is -0.497. The lowest BCUT2D eigenvalue weighted by Crippen LogP contribution is -2.11. The molecule has 28 heavy (non-hydrogen) atoms. The SMILES string of the molecule is Cc1c(C(=O)Nc2ccc([N+](=O)[O-])cc2)sc2nc(-c3ccc(F)cc3)cn12. The van der Waals surface area contributed by atoms with E-state index in [0.29, 0.717) is 21.2 Å². The van der Waals surface area contributed by atoms with Gasteiger partial charge in [0, 0.05) is 35.3 Å². The average molecular weight is 396 g/mol. The summed E-state index contributed by atoms with van der Waals surface area (Å²) in [7, 11) is 0. The Morgan fingerprint density at radius 1 is 1.18 bits per heavy atom. The van der Waals surface area contributed by atoms with Crippen LogP contribution in [0.15, 0.2) is 54.7 Å². The van der Waals surface area contributed by atoms with Crippen LogP contribution in [-0.4, -0.2) is 20.2 Å². The van der Waals surface area contributed by atoms with Crippen LogP contribution in [0, 0.1) is 22.9 Å². The molecule has 9 heteroatoms. The Hall–Kier alpha value is -3.59. The van der Waals surface area contributed by atoms with E-state index in [9.17, 15) is 19.3 Å². The molecule has 2 heterocycles. The molecule has 0 aliphatic heterocycles. The first-order valence-electron chi connectivity index (χ1n) is 8.22. The van der Waals surface area contributed by atoms with Gasteiger partial charge < -0.3 is 5.32 Å². The molecule has 0 unspecified atom stereocenters. The van der Waals surface area contributed by atoms with Crippen LogP contribution in [0.5, 0.6) is 0 Å². The number of nitrogens with zero attached hydrogens (tertiary/aromatic N) is 3. The number of halogens is 1. The molecule has 140 valence electrons. The second-order valence-electron chi connectivity index (χ2n) is 6.06. The maximum atomic E-state index is 13.1. The standard InChI is InChI=1S/C19H13FN4O3S/c1-11-17(18(25)21-14-6-8-15(9-7-14)24(26)27)28-19-22-16(10-23(11)19)12-2-4-13(20)5-3-12/h2-10H,1H3,(H,21,25). The Morgan fingerprint density at radius 3 is 2.46 bits per heavy atom. The molecule has 7 nitrogen and oxygen atoms in total. The molecule has 1 amide bonds. The minimum absolute atomic E-state index is 0.0444. The largest absolute Gasteiger partial charge is 0.321 e. The summed E-state index contributed by atoms with van der Waals surface area (Å²) in [6.45, 7) is 1.81. The number of non-ortho nitro benzene ring substituents is 1. The first-order valence-corrected chi connectivity index (χ1v) is 9.04. The van der Waals surface area contributed by atoms with Gasteiger partial charge in [0.05, 0.1) is 10.6 Å². The Kier molecular flexibility index (Phi) is 4.36. The van der Waals surface area contributed by atoms with Gasteiger partial charge in [-0.3, -0.25) is 19.3 Å². The van der Waals surface area contributed by atoms with Crippen molar-refractivity contribution in [2.24, 2.45) is 0 Å². The number of aryl methyl sites for hydroxylation is 1. The van der Waals surface area contributed by atoms with Crippen molar-refractivity contribution in [1.29, 1.82) is 0 Å². The number of rotatable bonds is 4. The van der Waals surface area contributed by atoms with Crippen LogP contribution < -0.4 is 5.32 Å². The Labute approximate surface area is 162 Å². The number of hydrogen-bond donors (Lipinski definition) is 1. The summed E-state index contributed by atoms with van der Waals surface area (Å²) >= 11 is 1.24. The second kappa shape index (κ2) is 6.86. The van der Waals surface area contributed by atoms with Gasteiger partial charge in [-0.05, 0) is 43.3 Å². The van der Waals surface area contributed by atoms with Crippen molar-refractivity contribution < 1.29 is 14.1 Å². The van der Waals surface area contributed by atoms with E-state index in [2.05, 4.69) is 10.3 Å². The topological polar surface area (TPSA) is 89.5 Å². The maximum Gasteiger partial charge on any atom is 0.269 e. The first-order chi connectivity index (χ1) is 13.4. The number of nitrogens with one attached hydrogen (secondary N) is 1. The quantitative estimate of drug-likeness (QED) is 0.401. The van der Waals surface area contributed by atoms with Gasteiger partial charge in [0.2, 0.25) is 0 Å². The summed E-state index contributed by atoms with van der Waals surface area (Å²) < 4.78 is 14.9. The number of anilines is 1. The molecule has 0 aliphatic rings. The lowest BCUT2D eigenvalue weighted by Gasteiger charge is -2.04. The van der Waals surface area contributed by atoms with E-state index >= 15 is 0 Å². The van der Waals surface area contributed by atoms with Gasteiger partial charge in [-0.2, -0.15) is 0 Å². The molecule has 0 fully saturated rings. The van der Waals surface area contributed by atoms with Gasteiger partial charge in [-0.1, -0.05) is 11.3 Å². The van der Waals surface area contributed by atoms with E-state index in [4.69, 9.17) is 0 Å². The summed E-state index contributed by atoms with van der Waals surface area (Å²) in [5.74, 6) is -0.628. The number of imidazole rings is 1. The van der Waals surface area contributed by atoms with Gasteiger partial charge in [0.25, 0.3) is 11.6 Å². The van der Waals surface area contributed by atoms with E-state index in [1.54, 1.807) is 18.3 Å². The fourth-order valence-electron chi connectivity index (χ4n) is 2.77. The predicted octanol–water partition coefficient (Wildman–Crippen LogP) is 4.67. The van der Waals surface area contributed by atoms with Gasteiger partial charge in [0.15, 0.2) is 4.96 Å². The number of hydrogen-bond acceptors (Lipinski definition) is 5. The number of fused-ring (bicyclic) bond motifs is 1. The minimum Gasteiger partial charge on any atom is -0.321 e. The normalized spacial score (nSPS) is 10.9. The summed E-state index contributed by atoms with van der Waals surface area (Å²) in [5, 5.41) is 13.4. The molecule has 1 N–H and O–H groups in total. The summed E-state index contributed by atoms with van der Waals surface area (Å²) in [6, 6.07) is 11.7. The summed E-state index contributed by atoms with van der Waals surface area (Å²) in [6.07, 6.45) is 1.80. The van der Waals surface area contributed by atoms with E-state index in [1.807, 2.05) is 11.3 Å². The van der Waals surface area contributed by atoms with Crippen LogP contribution in [0.1, 0.15) is 15.4 Å². The smallest absolute Gasteiger partial charge is 0.269 e. The molecule has 2 aromatic heterocycles. The van der Waals surface area contributed by atoms with Crippen LogP contribution >= 0.6 is 11.3 Å². The van der Waals surface area contributed by atoms with E-state index in [0.717, 1.165) is 11.3 Å². The number of aromatic nitrogens is 2. The molecule has 0 saturated heterocycles. The first kappa shape index (κ1) is 17.8. The Bertz CT molecular complexity index is 1200. The number of carbonyl (C=O) groups is 1. The fraction of sp³-hybridized carbons (Fsp3) is 0.0526. The molecule has 0 aliphatic carbocycles. The third-order valence-electron chi connectivity index (χ3n) is 4.24. The van der Waals surface area contributed by atoms with E-state index in [1.165, 1.54) is 47.7 Å². The molecule has 0 atom stereocenters. The highest BCUT2D eigenvalue weighted by Gasteiger charge is 2.18. The van der Waals surface area contributed by atoms with Crippen LogP contribution in [0.2, 0.25) is 0 Å². The van der Waals surface area contributed by atoms with Crippen LogP contribution in [0.4, 0.5) is 15.8 Å². The molecule has 0 spiro atoms. The molecular formula is C19H13FN4O3S. The third-order valence-corrected chi connectivity index (χ3v) is 5.39. The highest BCUT2D eigenvalue weighted by atomic mass is 32.1. The highest BCUT2D eigenvalue weighted by Crippen LogP contribution is 2.28. The number of nitro groups is 1. The number of thiazole rings is 1. The van der Waals surface area contributed by atoms with Crippen molar-refractivity contribution >= 4 is 33.6 Å². The number of amides is 1. The number of nitro benzene ring substituents is 1. The highest BCUT2D eigenvalue weighted by molar-refractivity contribution is 7.19. The van der Waals surface area contributed by atoms with Crippen LogP contribution in [0.25, 0.3) is 16.2 Å². The molecular weight excluding hydrogens is 383 g/mol. The summed E-state index contributed by atoms with van der Waals surface area (Å²) in [5.41, 5.74) is 2.62. The van der Waals surface area contributed by atoms with Crippen molar-refractivity contribution in [2.45, 2.75) is 6.92 Å². The van der Waals surface area contributed by atoms with Crippen molar-refractivity contribution in [3.05, 3.63) is 81.2 Å². The molecule has 0 radical (unpaired) electrons. The van der Waals surface area contributed by atoms with Gasteiger partial charge >= 0.3 is 0 Å². The fourth-order valence-corrected chi connectivity index (χ4v) is 3.78. The van der Waals surface area contributed by atoms with Gasteiger partial charge in [-0.15, -0.1) is 0 Å². The predicted molar refractivity (Wildman–Crippen MR) is 104 cm³/mol. The zero-order valence-corrected chi connectivity index (χ0v) is 15.4.